The summed E-state index contributed by atoms with van der Waals surface area (Å²) in [6, 6.07) is 4.36. The topological polar surface area (TPSA) is 76.4 Å². The van der Waals surface area contributed by atoms with E-state index in [0.29, 0.717) is 12.1 Å². The first kappa shape index (κ1) is 14.0. The van der Waals surface area contributed by atoms with Gasteiger partial charge in [-0.2, -0.15) is 0 Å². The van der Waals surface area contributed by atoms with Gasteiger partial charge >= 0.3 is 0 Å². The van der Waals surface area contributed by atoms with Crippen molar-refractivity contribution >= 4 is 5.84 Å². The first-order chi connectivity index (χ1) is 9.51. The van der Waals surface area contributed by atoms with Crippen LogP contribution in [0.1, 0.15) is 36.7 Å². The van der Waals surface area contributed by atoms with Crippen LogP contribution in [0.3, 0.4) is 0 Å². The monoisotopic (exact) mass is 276 g/mol. The smallest absolute Gasteiger partial charge is 0.170 e. The molecule has 0 bridgehead atoms. The average Bonchev–Trinajstić information content (AvgIpc) is 2.85. The molecule has 0 aliphatic rings. The summed E-state index contributed by atoms with van der Waals surface area (Å²) in [5, 5.41) is 11.6. The Morgan fingerprint density at radius 1 is 1.45 bits per heavy atom. The van der Waals surface area contributed by atoms with E-state index < -0.39 is 5.82 Å². The van der Waals surface area contributed by atoms with Crippen LogP contribution >= 0.6 is 0 Å². The van der Waals surface area contributed by atoms with Crippen LogP contribution in [0.15, 0.2) is 35.7 Å². The Labute approximate surface area is 116 Å². The van der Waals surface area contributed by atoms with E-state index in [1.54, 1.807) is 12.3 Å². The van der Waals surface area contributed by atoms with Crippen LogP contribution in [-0.2, 0) is 6.54 Å². The van der Waals surface area contributed by atoms with Gasteiger partial charge in [-0.15, -0.1) is 0 Å². The zero-order valence-corrected chi connectivity index (χ0v) is 11.4. The first-order valence-corrected chi connectivity index (χ1v) is 6.29. The molecule has 2 aromatic rings. The molecule has 1 aromatic carbocycles. The van der Waals surface area contributed by atoms with E-state index in [4.69, 9.17) is 10.9 Å². The summed E-state index contributed by atoms with van der Waals surface area (Å²) in [6.07, 6.45) is 3.57. The minimum atomic E-state index is -0.421. The van der Waals surface area contributed by atoms with Crippen LogP contribution in [0.2, 0.25) is 0 Å². The Kier molecular flexibility index (Phi) is 4.02. The van der Waals surface area contributed by atoms with Crippen LogP contribution in [0.5, 0.6) is 0 Å². The summed E-state index contributed by atoms with van der Waals surface area (Å²) in [5.41, 5.74) is 6.58. The second-order valence-electron chi connectivity index (χ2n) is 4.90. The Morgan fingerprint density at radius 3 is 2.85 bits per heavy atom. The summed E-state index contributed by atoms with van der Waals surface area (Å²) >= 11 is 0. The number of aromatic nitrogens is 2. The van der Waals surface area contributed by atoms with E-state index in [0.717, 1.165) is 11.4 Å². The second kappa shape index (κ2) is 5.73. The third-order valence-electron chi connectivity index (χ3n) is 2.98. The number of imidazole rings is 1. The van der Waals surface area contributed by atoms with E-state index in [2.05, 4.69) is 10.1 Å². The van der Waals surface area contributed by atoms with Crippen LogP contribution in [0, 0.1) is 5.82 Å². The van der Waals surface area contributed by atoms with E-state index in [1.807, 2.05) is 24.6 Å². The molecule has 0 aliphatic heterocycles. The van der Waals surface area contributed by atoms with E-state index in [1.165, 1.54) is 12.1 Å². The molecule has 5 nitrogen and oxygen atoms in total. The minimum absolute atomic E-state index is 0.111. The third kappa shape index (κ3) is 2.96. The Hall–Kier alpha value is -2.37. The molecule has 0 aliphatic carbocycles. The van der Waals surface area contributed by atoms with Gasteiger partial charge in [-0.1, -0.05) is 19.0 Å². The summed E-state index contributed by atoms with van der Waals surface area (Å²) in [5.74, 6) is 0.678. The van der Waals surface area contributed by atoms with Gasteiger partial charge in [0.2, 0.25) is 0 Å². The Morgan fingerprint density at radius 2 is 2.20 bits per heavy atom. The lowest BCUT2D eigenvalue weighted by molar-refractivity contribution is 0.318. The van der Waals surface area contributed by atoms with Gasteiger partial charge in [-0.3, -0.25) is 0 Å². The molecule has 1 heterocycles. The van der Waals surface area contributed by atoms with Gasteiger partial charge in [0.1, 0.15) is 11.6 Å². The number of nitrogens with zero attached hydrogens (tertiary/aromatic N) is 3. The van der Waals surface area contributed by atoms with E-state index in [9.17, 15) is 4.39 Å². The molecule has 106 valence electrons. The molecular formula is C14H17FN4O. The molecule has 0 amide bonds. The zero-order valence-electron chi connectivity index (χ0n) is 11.4. The number of benzene rings is 1. The minimum Gasteiger partial charge on any atom is -0.409 e. The quantitative estimate of drug-likeness (QED) is 0.389. The highest BCUT2D eigenvalue weighted by atomic mass is 19.1. The molecule has 6 heteroatoms. The lowest BCUT2D eigenvalue weighted by atomic mass is 10.1. The maximum Gasteiger partial charge on any atom is 0.170 e. The molecule has 0 radical (unpaired) electrons. The van der Waals surface area contributed by atoms with Gasteiger partial charge < -0.3 is 15.5 Å². The molecule has 0 atom stereocenters. The third-order valence-corrected chi connectivity index (χ3v) is 2.98. The van der Waals surface area contributed by atoms with Crippen LogP contribution < -0.4 is 5.73 Å². The molecule has 0 saturated heterocycles. The van der Waals surface area contributed by atoms with Crippen LogP contribution in [0.4, 0.5) is 4.39 Å². The lowest BCUT2D eigenvalue weighted by Crippen LogP contribution is -2.14. The molecular weight excluding hydrogens is 259 g/mol. The van der Waals surface area contributed by atoms with Crippen molar-refractivity contribution in [2.75, 3.05) is 0 Å². The van der Waals surface area contributed by atoms with Gasteiger partial charge in [0, 0.05) is 30.4 Å². The molecule has 2 rings (SSSR count). The van der Waals surface area contributed by atoms with Crippen molar-refractivity contribution < 1.29 is 9.60 Å². The number of hydrogen-bond donors (Lipinski definition) is 2. The summed E-state index contributed by atoms with van der Waals surface area (Å²) in [4.78, 5) is 4.29. The fourth-order valence-electron chi connectivity index (χ4n) is 2.10. The van der Waals surface area contributed by atoms with Gasteiger partial charge in [0.25, 0.3) is 0 Å². The first-order valence-electron chi connectivity index (χ1n) is 6.29. The van der Waals surface area contributed by atoms with Crippen molar-refractivity contribution in [1.29, 1.82) is 0 Å². The standard InChI is InChI=1S/C14H17FN4O/c1-9(2)14-17-3-4-19(14)8-10-5-11(13(16)18-20)7-12(15)6-10/h3-7,9,20H,8H2,1-2H3,(H2,16,18). The van der Waals surface area contributed by atoms with Gasteiger partial charge in [0.05, 0.1) is 0 Å². The molecule has 3 N–H and O–H groups in total. The number of rotatable bonds is 4. The highest BCUT2D eigenvalue weighted by molar-refractivity contribution is 5.97. The van der Waals surface area contributed by atoms with E-state index >= 15 is 0 Å². The maximum atomic E-state index is 13.6. The van der Waals surface area contributed by atoms with Crippen molar-refractivity contribution in [2.45, 2.75) is 26.3 Å². The van der Waals surface area contributed by atoms with Gasteiger partial charge in [0.15, 0.2) is 5.84 Å². The molecule has 0 fully saturated rings. The predicted octanol–water partition coefficient (Wildman–Crippen LogP) is 2.29. The van der Waals surface area contributed by atoms with E-state index in [-0.39, 0.29) is 11.8 Å². The molecule has 1 aromatic heterocycles. The number of hydrogen-bond acceptors (Lipinski definition) is 3. The van der Waals surface area contributed by atoms with Crippen molar-refractivity contribution in [1.82, 2.24) is 9.55 Å². The van der Waals surface area contributed by atoms with Crippen molar-refractivity contribution in [3.8, 4) is 0 Å². The zero-order chi connectivity index (χ0) is 14.7. The normalized spacial score (nSPS) is 12.1. The lowest BCUT2D eigenvalue weighted by Gasteiger charge is -2.11. The SMILES string of the molecule is CC(C)c1nccn1Cc1cc(F)cc(/C(N)=N/O)c1. The Bertz CT molecular complexity index is 634. The Balaban J connectivity index is 2.34. The summed E-state index contributed by atoms with van der Waals surface area (Å²) < 4.78 is 15.5. The fraction of sp³-hybridized carbons (Fsp3) is 0.286. The predicted molar refractivity (Wildman–Crippen MR) is 74.3 cm³/mol. The highest BCUT2D eigenvalue weighted by Gasteiger charge is 2.10. The second-order valence-corrected chi connectivity index (χ2v) is 4.90. The molecule has 0 saturated carbocycles. The number of amidine groups is 1. The highest BCUT2D eigenvalue weighted by Crippen LogP contribution is 2.16. The van der Waals surface area contributed by atoms with Crippen LogP contribution in [0.25, 0.3) is 0 Å². The largest absolute Gasteiger partial charge is 0.409 e. The summed E-state index contributed by atoms with van der Waals surface area (Å²) in [7, 11) is 0. The molecule has 20 heavy (non-hydrogen) atoms. The summed E-state index contributed by atoms with van der Waals surface area (Å²) in [6.45, 7) is 4.58. The van der Waals surface area contributed by atoms with Gasteiger partial charge in [-0.05, 0) is 23.8 Å². The van der Waals surface area contributed by atoms with Crippen molar-refractivity contribution in [2.24, 2.45) is 10.9 Å². The number of halogens is 1. The van der Waals surface area contributed by atoms with Crippen molar-refractivity contribution in [3.63, 3.8) is 0 Å². The number of oxime groups is 1. The maximum absolute atomic E-state index is 13.6. The fourth-order valence-corrected chi connectivity index (χ4v) is 2.10. The van der Waals surface area contributed by atoms with Crippen molar-refractivity contribution in [3.05, 3.63) is 53.4 Å². The number of nitrogens with two attached hydrogens (primary N) is 1. The van der Waals surface area contributed by atoms with Crippen LogP contribution in [-0.4, -0.2) is 20.6 Å². The molecule has 0 spiro atoms. The average molecular weight is 276 g/mol. The molecule has 0 unspecified atom stereocenters. The van der Waals surface area contributed by atoms with Gasteiger partial charge in [-0.25, -0.2) is 9.37 Å².